The maximum Gasteiger partial charge on any atom is 0.340 e. The van der Waals surface area contributed by atoms with Crippen LogP contribution < -0.4 is 10.6 Å². The SMILES string of the molecule is CCOC(=O)c1ccccc1NC(=O)C[C@H]1Sc2ccc(Cl)cc2NC1=O. The van der Waals surface area contributed by atoms with Gasteiger partial charge in [-0.25, -0.2) is 4.79 Å². The van der Waals surface area contributed by atoms with Crippen molar-refractivity contribution in [3.05, 3.63) is 53.1 Å². The molecule has 1 atom stereocenters. The maximum atomic E-state index is 12.4. The van der Waals surface area contributed by atoms with E-state index in [0.29, 0.717) is 16.4 Å². The van der Waals surface area contributed by atoms with E-state index >= 15 is 0 Å². The van der Waals surface area contributed by atoms with Crippen LogP contribution in [0.1, 0.15) is 23.7 Å². The molecule has 0 radical (unpaired) electrons. The Balaban J connectivity index is 1.69. The van der Waals surface area contributed by atoms with Crippen LogP contribution in [0.25, 0.3) is 0 Å². The van der Waals surface area contributed by atoms with Crippen LogP contribution >= 0.6 is 23.4 Å². The van der Waals surface area contributed by atoms with Crippen molar-refractivity contribution in [2.75, 3.05) is 17.2 Å². The summed E-state index contributed by atoms with van der Waals surface area (Å²) in [6, 6.07) is 11.8. The number of anilines is 2. The number of para-hydroxylation sites is 1. The van der Waals surface area contributed by atoms with Gasteiger partial charge in [0, 0.05) is 16.3 Å². The van der Waals surface area contributed by atoms with Gasteiger partial charge in [-0.05, 0) is 37.3 Å². The van der Waals surface area contributed by atoms with E-state index in [4.69, 9.17) is 16.3 Å². The summed E-state index contributed by atoms with van der Waals surface area (Å²) in [4.78, 5) is 37.6. The van der Waals surface area contributed by atoms with Crippen molar-refractivity contribution in [1.82, 2.24) is 0 Å². The normalized spacial score (nSPS) is 15.5. The molecule has 0 fully saturated rings. The first-order chi connectivity index (χ1) is 13.0. The number of rotatable bonds is 5. The van der Waals surface area contributed by atoms with Gasteiger partial charge in [-0.1, -0.05) is 23.7 Å². The van der Waals surface area contributed by atoms with Crippen LogP contribution in [0.2, 0.25) is 5.02 Å². The van der Waals surface area contributed by atoms with E-state index in [2.05, 4.69) is 10.6 Å². The van der Waals surface area contributed by atoms with E-state index in [1.807, 2.05) is 6.07 Å². The van der Waals surface area contributed by atoms with Crippen LogP contribution in [0.4, 0.5) is 11.4 Å². The molecule has 27 heavy (non-hydrogen) atoms. The van der Waals surface area contributed by atoms with E-state index in [9.17, 15) is 14.4 Å². The van der Waals surface area contributed by atoms with Gasteiger partial charge in [0.2, 0.25) is 11.8 Å². The van der Waals surface area contributed by atoms with Crippen molar-refractivity contribution >= 4 is 52.5 Å². The molecule has 3 rings (SSSR count). The van der Waals surface area contributed by atoms with Crippen molar-refractivity contribution in [3.63, 3.8) is 0 Å². The standard InChI is InChI=1S/C19H17ClN2O4S/c1-2-26-19(25)12-5-3-4-6-13(12)21-17(23)10-16-18(24)22-14-9-11(20)7-8-15(14)27-16/h3-9,16H,2,10H2,1H3,(H,21,23)(H,22,24)/t16-/m1/s1. The molecule has 2 N–H and O–H groups in total. The molecule has 2 aromatic rings. The van der Waals surface area contributed by atoms with Crippen molar-refractivity contribution in [1.29, 1.82) is 0 Å². The quantitative estimate of drug-likeness (QED) is 0.737. The number of benzene rings is 2. The van der Waals surface area contributed by atoms with Gasteiger partial charge in [0.15, 0.2) is 0 Å². The molecule has 6 nitrogen and oxygen atoms in total. The molecule has 0 saturated carbocycles. The second-order valence-corrected chi connectivity index (χ2v) is 7.44. The molecular weight excluding hydrogens is 388 g/mol. The Bertz CT molecular complexity index is 903. The first-order valence-electron chi connectivity index (χ1n) is 8.31. The van der Waals surface area contributed by atoms with Gasteiger partial charge in [-0.2, -0.15) is 0 Å². The fourth-order valence-electron chi connectivity index (χ4n) is 2.61. The Morgan fingerprint density at radius 1 is 1.26 bits per heavy atom. The zero-order chi connectivity index (χ0) is 19.4. The first-order valence-corrected chi connectivity index (χ1v) is 9.56. The summed E-state index contributed by atoms with van der Waals surface area (Å²) in [6.45, 7) is 1.95. The summed E-state index contributed by atoms with van der Waals surface area (Å²) in [6.07, 6.45) is -0.0320. The second kappa shape index (κ2) is 8.45. The third-order valence-electron chi connectivity index (χ3n) is 3.83. The van der Waals surface area contributed by atoms with Crippen molar-refractivity contribution in [2.45, 2.75) is 23.5 Å². The predicted molar refractivity (Wildman–Crippen MR) is 105 cm³/mol. The lowest BCUT2D eigenvalue weighted by Crippen LogP contribution is -2.32. The summed E-state index contributed by atoms with van der Waals surface area (Å²) in [7, 11) is 0. The Morgan fingerprint density at radius 3 is 2.81 bits per heavy atom. The predicted octanol–water partition coefficient (Wildman–Crippen LogP) is 3.96. The Kier molecular flexibility index (Phi) is 6.03. The van der Waals surface area contributed by atoms with Gasteiger partial charge in [0.1, 0.15) is 0 Å². The van der Waals surface area contributed by atoms with Crippen LogP contribution in [0.15, 0.2) is 47.4 Å². The van der Waals surface area contributed by atoms with Crippen molar-refractivity contribution in [2.24, 2.45) is 0 Å². The zero-order valence-electron chi connectivity index (χ0n) is 14.5. The summed E-state index contributed by atoms with van der Waals surface area (Å²) in [5.41, 5.74) is 1.27. The molecule has 0 spiro atoms. The lowest BCUT2D eigenvalue weighted by atomic mass is 10.1. The lowest BCUT2D eigenvalue weighted by Gasteiger charge is -2.24. The lowest BCUT2D eigenvalue weighted by molar-refractivity contribution is -0.120. The average molecular weight is 405 g/mol. The molecule has 1 aliphatic heterocycles. The van der Waals surface area contributed by atoms with Gasteiger partial charge in [-0.3, -0.25) is 9.59 Å². The Labute approximate surface area is 165 Å². The molecule has 0 aliphatic carbocycles. The fraction of sp³-hybridized carbons (Fsp3) is 0.211. The van der Waals surface area contributed by atoms with E-state index in [0.717, 1.165) is 4.90 Å². The summed E-state index contributed by atoms with van der Waals surface area (Å²) in [5, 5.41) is 5.42. The van der Waals surface area contributed by atoms with Gasteiger partial charge >= 0.3 is 5.97 Å². The molecule has 1 aliphatic rings. The minimum Gasteiger partial charge on any atom is -0.462 e. The monoisotopic (exact) mass is 404 g/mol. The first kappa shape index (κ1) is 19.3. The third kappa shape index (κ3) is 4.61. The topological polar surface area (TPSA) is 84.5 Å². The molecule has 0 aromatic heterocycles. The third-order valence-corrected chi connectivity index (χ3v) is 5.34. The summed E-state index contributed by atoms with van der Waals surface area (Å²) < 4.78 is 5.00. The molecule has 1 heterocycles. The number of halogens is 1. The molecule has 2 amide bonds. The van der Waals surface area contributed by atoms with Gasteiger partial charge in [0.25, 0.3) is 0 Å². The number of carbonyl (C=O) groups excluding carboxylic acids is 3. The highest BCUT2D eigenvalue weighted by Gasteiger charge is 2.29. The number of hydrogen-bond acceptors (Lipinski definition) is 5. The number of thioether (sulfide) groups is 1. The molecular formula is C19H17ClN2O4S. The Hall–Kier alpha value is -2.51. The molecule has 0 saturated heterocycles. The Morgan fingerprint density at radius 2 is 2.04 bits per heavy atom. The summed E-state index contributed by atoms with van der Waals surface area (Å²) >= 11 is 7.24. The highest BCUT2D eigenvalue weighted by molar-refractivity contribution is 8.01. The van der Waals surface area contributed by atoms with Gasteiger partial charge in [-0.15, -0.1) is 11.8 Å². The number of esters is 1. The van der Waals surface area contributed by atoms with Crippen LogP contribution in [0, 0.1) is 0 Å². The zero-order valence-corrected chi connectivity index (χ0v) is 16.0. The van der Waals surface area contributed by atoms with Crippen LogP contribution in [-0.4, -0.2) is 29.6 Å². The smallest absolute Gasteiger partial charge is 0.340 e. The van der Waals surface area contributed by atoms with E-state index < -0.39 is 11.2 Å². The molecule has 8 heteroatoms. The molecule has 2 aromatic carbocycles. The second-order valence-electron chi connectivity index (χ2n) is 5.75. The number of nitrogens with one attached hydrogen (secondary N) is 2. The van der Waals surface area contributed by atoms with Crippen LogP contribution in [0.3, 0.4) is 0 Å². The van der Waals surface area contributed by atoms with Gasteiger partial charge < -0.3 is 15.4 Å². The maximum absolute atomic E-state index is 12.4. The number of amides is 2. The van der Waals surface area contributed by atoms with Crippen molar-refractivity contribution < 1.29 is 19.1 Å². The van der Waals surface area contributed by atoms with Crippen molar-refractivity contribution in [3.8, 4) is 0 Å². The fourth-order valence-corrected chi connectivity index (χ4v) is 3.87. The summed E-state index contributed by atoms with van der Waals surface area (Å²) in [5.74, 6) is -1.13. The average Bonchev–Trinajstić information content (AvgIpc) is 2.63. The van der Waals surface area contributed by atoms with Gasteiger partial charge in [0.05, 0.1) is 28.8 Å². The molecule has 140 valence electrons. The minimum atomic E-state index is -0.576. The van der Waals surface area contributed by atoms with Crippen LogP contribution in [-0.2, 0) is 14.3 Å². The highest BCUT2D eigenvalue weighted by atomic mass is 35.5. The van der Waals surface area contributed by atoms with Crippen LogP contribution in [0.5, 0.6) is 0 Å². The highest BCUT2D eigenvalue weighted by Crippen LogP contribution is 2.38. The molecule has 0 unspecified atom stereocenters. The number of ether oxygens (including phenoxy) is 1. The van der Waals surface area contributed by atoms with E-state index in [1.165, 1.54) is 11.8 Å². The minimum absolute atomic E-state index is 0.0320. The largest absolute Gasteiger partial charge is 0.462 e. The molecule has 0 bridgehead atoms. The number of carbonyl (C=O) groups is 3. The number of fused-ring (bicyclic) bond motifs is 1. The van der Waals surface area contributed by atoms with E-state index in [1.54, 1.807) is 43.3 Å². The number of hydrogen-bond donors (Lipinski definition) is 2. The van der Waals surface area contributed by atoms with E-state index in [-0.39, 0.29) is 30.4 Å².